The molecule has 0 saturated heterocycles. The van der Waals surface area contributed by atoms with Crippen molar-refractivity contribution in [1.29, 1.82) is 0 Å². The Hall–Kier alpha value is -1.52. The van der Waals surface area contributed by atoms with Crippen LogP contribution in [0.4, 0.5) is 0 Å². The van der Waals surface area contributed by atoms with Crippen LogP contribution in [0.3, 0.4) is 0 Å². The van der Waals surface area contributed by atoms with Gasteiger partial charge in [-0.3, -0.25) is 0 Å². The minimum atomic E-state index is -0.195. The molecule has 0 bridgehead atoms. The molecule has 0 aliphatic heterocycles. The Morgan fingerprint density at radius 3 is 2.94 bits per heavy atom. The van der Waals surface area contributed by atoms with E-state index in [0.717, 1.165) is 0 Å². The maximum atomic E-state index is 8.90. The number of ether oxygens (including phenoxy) is 1. The number of nitrogens with zero attached hydrogens (tertiary/aromatic N) is 1. The minimum absolute atomic E-state index is 0.195. The van der Waals surface area contributed by atoms with E-state index in [1.54, 1.807) is 31.4 Å². The van der Waals surface area contributed by atoms with Crippen LogP contribution in [-0.2, 0) is 6.61 Å². The normalized spacial score (nSPS) is 10.4. The molecule has 4 nitrogen and oxygen atoms in total. The Kier molecular flexibility index (Phi) is 3.12. The average Bonchev–Trinajstić information content (AvgIpc) is 2.76. The third-order valence-electron chi connectivity index (χ3n) is 2.17. The zero-order chi connectivity index (χ0) is 11.5. The molecule has 2 rings (SSSR count). The summed E-state index contributed by atoms with van der Waals surface area (Å²) in [4.78, 5) is 0. The molecule has 0 spiro atoms. The van der Waals surface area contributed by atoms with Crippen molar-refractivity contribution in [2.24, 2.45) is 0 Å². The molecule has 0 aliphatic rings. The van der Waals surface area contributed by atoms with Crippen molar-refractivity contribution in [2.45, 2.75) is 6.61 Å². The molecule has 5 heteroatoms. The monoisotopic (exact) mass is 239 g/mol. The molecule has 2 aromatic rings. The van der Waals surface area contributed by atoms with Crippen LogP contribution < -0.4 is 4.74 Å². The lowest BCUT2D eigenvalue weighted by Crippen LogP contribution is -1.88. The summed E-state index contributed by atoms with van der Waals surface area (Å²) in [5.74, 6) is 1.00. The van der Waals surface area contributed by atoms with Gasteiger partial charge in [-0.1, -0.05) is 22.8 Å². The number of methoxy groups -OCH3 is 1. The number of halogens is 1. The maximum absolute atomic E-state index is 8.90. The van der Waals surface area contributed by atoms with Gasteiger partial charge in [0.05, 0.1) is 17.7 Å². The van der Waals surface area contributed by atoms with Crippen LogP contribution in [-0.4, -0.2) is 17.4 Å². The SMILES string of the molecule is COc1cccc(Cl)c1-c1cc(CO)on1. The van der Waals surface area contributed by atoms with Crippen LogP contribution in [0.2, 0.25) is 5.02 Å². The van der Waals surface area contributed by atoms with E-state index < -0.39 is 0 Å². The fourth-order valence-electron chi connectivity index (χ4n) is 1.43. The standard InChI is InChI=1S/C11H10ClNO3/c1-15-10-4-2-3-8(12)11(10)9-5-7(6-14)16-13-9/h2-5,14H,6H2,1H3. The smallest absolute Gasteiger partial charge is 0.162 e. The van der Waals surface area contributed by atoms with E-state index in [4.69, 9.17) is 26.0 Å². The molecule has 0 unspecified atom stereocenters. The summed E-state index contributed by atoms with van der Waals surface area (Å²) in [5.41, 5.74) is 1.21. The molecular weight excluding hydrogens is 230 g/mol. The second kappa shape index (κ2) is 4.55. The van der Waals surface area contributed by atoms with Crippen molar-refractivity contribution >= 4 is 11.6 Å². The largest absolute Gasteiger partial charge is 0.496 e. The first-order valence-electron chi connectivity index (χ1n) is 4.65. The second-order valence-corrected chi connectivity index (χ2v) is 3.56. The Balaban J connectivity index is 2.53. The minimum Gasteiger partial charge on any atom is -0.496 e. The van der Waals surface area contributed by atoms with Crippen molar-refractivity contribution < 1.29 is 14.4 Å². The maximum Gasteiger partial charge on any atom is 0.162 e. The van der Waals surface area contributed by atoms with Gasteiger partial charge in [0, 0.05) is 6.07 Å². The fraction of sp³-hybridized carbons (Fsp3) is 0.182. The zero-order valence-corrected chi connectivity index (χ0v) is 9.36. The Labute approximate surface area is 97.4 Å². The van der Waals surface area contributed by atoms with Gasteiger partial charge in [0.2, 0.25) is 0 Å². The Morgan fingerprint density at radius 1 is 1.50 bits per heavy atom. The van der Waals surface area contributed by atoms with Crippen LogP contribution in [0, 0.1) is 0 Å². The van der Waals surface area contributed by atoms with Crippen LogP contribution in [0.15, 0.2) is 28.8 Å². The predicted octanol–water partition coefficient (Wildman–Crippen LogP) is 2.50. The average molecular weight is 240 g/mol. The van der Waals surface area contributed by atoms with Gasteiger partial charge in [-0.2, -0.15) is 0 Å². The molecule has 16 heavy (non-hydrogen) atoms. The van der Waals surface area contributed by atoms with Gasteiger partial charge < -0.3 is 14.4 Å². The van der Waals surface area contributed by atoms with Crippen LogP contribution >= 0.6 is 11.6 Å². The van der Waals surface area contributed by atoms with E-state index in [-0.39, 0.29) is 6.61 Å². The van der Waals surface area contributed by atoms with Gasteiger partial charge >= 0.3 is 0 Å². The molecule has 0 aliphatic carbocycles. The third kappa shape index (κ3) is 1.89. The van der Waals surface area contributed by atoms with E-state index in [9.17, 15) is 0 Å². The fourth-order valence-corrected chi connectivity index (χ4v) is 1.69. The third-order valence-corrected chi connectivity index (χ3v) is 2.48. The van der Waals surface area contributed by atoms with Gasteiger partial charge in [0.15, 0.2) is 5.76 Å². The van der Waals surface area contributed by atoms with E-state index in [0.29, 0.717) is 27.8 Å². The number of aliphatic hydroxyl groups excluding tert-OH is 1. The molecule has 0 atom stereocenters. The number of hydrogen-bond acceptors (Lipinski definition) is 4. The molecule has 0 fully saturated rings. The first-order valence-corrected chi connectivity index (χ1v) is 5.03. The van der Waals surface area contributed by atoms with Gasteiger partial charge in [-0.05, 0) is 12.1 Å². The van der Waals surface area contributed by atoms with E-state index in [2.05, 4.69) is 5.16 Å². The van der Waals surface area contributed by atoms with Crippen molar-refractivity contribution in [1.82, 2.24) is 5.16 Å². The molecule has 0 radical (unpaired) electrons. The molecule has 0 saturated carbocycles. The Morgan fingerprint density at radius 2 is 2.31 bits per heavy atom. The van der Waals surface area contributed by atoms with Crippen molar-refractivity contribution in [3.05, 3.63) is 35.0 Å². The molecule has 1 N–H and O–H groups in total. The topological polar surface area (TPSA) is 55.5 Å². The highest BCUT2D eigenvalue weighted by Crippen LogP contribution is 2.35. The quantitative estimate of drug-likeness (QED) is 0.894. The molecule has 0 amide bonds. The van der Waals surface area contributed by atoms with E-state index >= 15 is 0 Å². The van der Waals surface area contributed by atoms with Gasteiger partial charge in [0.1, 0.15) is 18.1 Å². The summed E-state index contributed by atoms with van der Waals surface area (Å²) in [6, 6.07) is 6.95. The lowest BCUT2D eigenvalue weighted by molar-refractivity contribution is 0.229. The highest BCUT2D eigenvalue weighted by molar-refractivity contribution is 6.33. The number of rotatable bonds is 3. The molecule has 1 aromatic heterocycles. The summed E-state index contributed by atoms with van der Waals surface area (Å²) >= 11 is 6.07. The lowest BCUT2D eigenvalue weighted by atomic mass is 10.1. The van der Waals surface area contributed by atoms with E-state index in [1.807, 2.05) is 0 Å². The number of benzene rings is 1. The van der Waals surface area contributed by atoms with Crippen LogP contribution in [0.1, 0.15) is 5.76 Å². The first-order chi connectivity index (χ1) is 7.76. The molecule has 84 valence electrons. The van der Waals surface area contributed by atoms with Crippen molar-refractivity contribution in [3.63, 3.8) is 0 Å². The van der Waals surface area contributed by atoms with Gasteiger partial charge in [-0.15, -0.1) is 0 Å². The van der Waals surface area contributed by atoms with Gasteiger partial charge in [0.25, 0.3) is 0 Å². The zero-order valence-electron chi connectivity index (χ0n) is 8.61. The number of hydrogen-bond donors (Lipinski definition) is 1. The molecule has 1 heterocycles. The van der Waals surface area contributed by atoms with Crippen LogP contribution in [0.5, 0.6) is 5.75 Å². The summed E-state index contributed by atoms with van der Waals surface area (Å²) < 4.78 is 10.1. The summed E-state index contributed by atoms with van der Waals surface area (Å²) in [6.45, 7) is -0.195. The first kappa shape index (κ1) is 11.0. The second-order valence-electron chi connectivity index (χ2n) is 3.15. The predicted molar refractivity (Wildman–Crippen MR) is 59.4 cm³/mol. The highest BCUT2D eigenvalue weighted by Gasteiger charge is 2.14. The molecule has 1 aromatic carbocycles. The van der Waals surface area contributed by atoms with Crippen molar-refractivity contribution in [3.8, 4) is 17.0 Å². The number of aromatic nitrogens is 1. The highest BCUT2D eigenvalue weighted by atomic mass is 35.5. The van der Waals surface area contributed by atoms with E-state index in [1.165, 1.54) is 0 Å². The molecular formula is C11H10ClNO3. The Bertz CT molecular complexity index is 496. The lowest BCUT2D eigenvalue weighted by Gasteiger charge is -2.06. The van der Waals surface area contributed by atoms with Gasteiger partial charge in [-0.25, -0.2) is 0 Å². The summed E-state index contributed by atoms with van der Waals surface area (Å²) in [5, 5.41) is 13.2. The summed E-state index contributed by atoms with van der Waals surface area (Å²) in [6.07, 6.45) is 0. The van der Waals surface area contributed by atoms with Crippen LogP contribution in [0.25, 0.3) is 11.3 Å². The number of aliphatic hydroxyl groups is 1. The van der Waals surface area contributed by atoms with Crippen molar-refractivity contribution in [2.75, 3.05) is 7.11 Å². The summed E-state index contributed by atoms with van der Waals surface area (Å²) in [7, 11) is 1.56.